The van der Waals surface area contributed by atoms with Gasteiger partial charge in [0.25, 0.3) is 0 Å². The van der Waals surface area contributed by atoms with Crippen molar-refractivity contribution in [1.29, 1.82) is 0 Å². The summed E-state index contributed by atoms with van der Waals surface area (Å²) in [4.78, 5) is 2.54. The molecular weight excluding hydrogens is 216 g/mol. The van der Waals surface area contributed by atoms with E-state index in [1.165, 1.54) is 9.79 Å². The summed E-state index contributed by atoms with van der Waals surface area (Å²) in [5.41, 5.74) is 0. The minimum atomic E-state index is 1.07. The number of hydrogen-bond donors (Lipinski definition) is 1. The first-order valence-corrected chi connectivity index (χ1v) is 5.99. The van der Waals surface area contributed by atoms with Gasteiger partial charge < -0.3 is 0 Å². The Balaban J connectivity index is 2.15. The Kier molecular flexibility index (Phi) is 2.98. The van der Waals surface area contributed by atoms with Crippen molar-refractivity contribution in [2.24, 2.45) is 0 Å². The minimum absolute atomic E-state index is 1.07. The molecule has 66 valence electrons. The summed E-state index contributed by atoms with van der Waals surface area (Å²) in [6.07, 6.45) is 0. The van der Waals surface area contributed by atoms with Gasteiger partial charge in [0.15, 0.2) is 0 Å². The molecule has 0 amide bonds. The highest BCUT2D eigenvalue weighted by molar-refractivity contribution is 7.99. The van der Waals surface area contributed by atoms with Gasteiger partial charge in [0, 0.05) is 15.2 Å². The third-order valence-electron chi connectivity index (χ3n) is 1.54. The van der Waals surface area contributed by atoms with Gasteiger partial charge in [0.1, 0.15) is 0 Å². The van der Waals surface area contributed by atoms with E-state index in [4.69, 9.17) is 0 Å². The lowest BCUT2D eigenvalue weighted by atomic mass is 10.4. The molecule has 0 atom stereocenters. The number of hydrogen-bond acceptors (Lipinski definition) is 3. The highest BCUT2D eigenvalue weighted by atomic mass is 32.2. The molecule has 0 saturated carbocycles. The maximum absolute atomic E-state index is 4.28. The molecule has 1 aromatic heterocycles. The van der Waals surface area contributed by atoms with Crippen molar-refractivity contribution >= 4 is 35.7 Å². The third-order valence-corrected chi connectivity index (χ3v) is 3.85. The molecular formula is C10H8S3. The minimum Gasteiger partial charge on any atom is -0.136 e. The molecule has 0 N–H and O–H groups in total. The Bertz CT molecular complexity index is 378. The second-order valence-corrected chi connectivity index (χ2v) is 5.38. The summed E-state index contributed by atoms with van der Waals surface area (Å²) >= 11 is 7.71. The van der Waals surface area contributed by atoms with Gasteiger partial charge >= 0.3 is 0 Å². The normalized spacial score (nSPS) is 10.2. The molecule has 0 fully saturated rings. The monoisotopic (exact) mass is 224 g/mol. The molecule has 0 spiro atoms. The van der Waals surface area contributed by atoms with E-state index < -0.39 is 0 Å². The summed E-state index contributed by atoms with van der Waals surface area (Å²) in [6.45, 7) is 0. The van der Waals surface area contributed by atoms with E-state index in [1.54, 1.807) is 23.1 Å². The summed E-state index contributed by atoms with van der Waals surface area (Å²) in [6, 6.07) is 12.4. The second kappa shape index (κ2) is 4.22. The number of rotatable bonds is 2. The largest absolute Gasteiger partial charge is 0.136 e. The molecule has 2 aromatic rings. The summed E-state index contributed by atoms with van der Waals surface area (Å²) < 4.78 is 1.07. The zero-order valence-corrected chi connectivity index (χ0v) is 9.33. The van der Waals surface area contributed by atoms with Crippen LogP contribution >= 0.6 is 35.7 Å². The van der Waals surface area contributed by atoms with Crippen LogP contribution in [0.15, 0.2) is 55.8 Å². The molecule has 1 aromatic carbocycles. The Morgan fingerprint density at radius 1 is 1.08 bits per heavy atom. The Morgan fingerprint density at radius 3 is 2.46 bits per heavy atom. The van der Waals surface area contributed by atoms with Crippen LogP contribution in [0.1, 0.15) is 0 Å². The molecule has 0 aliphatic rings. The summed E-state index contributed by atoms with van der Waals surface area (Å²) in [5.74, 6) is 0. The van der Waals surface area contributed by atoms with Crippen LogP contribution in [0.2, 0.25) is 0 Å². The molecule has 3 heteroatoms. The van der Waals surface area contributed by atoms with Gasteiger partial charge in [-0.1, -0.05) is 30.0 Å². The topological polar surface area (TPSA) is 0 Å². The zero-order chi connectivity index (χ0) is 9.10. The highest BCUT2D eigenvalue weighted by Crippen LogP contribution is 2.32. The van der Waals surface area contributed by atoms with Crippen molar-refractivity contribution in [1.82, 2.24) is 0 Å². The van der Waals surface area contributed by atoms with Crippen molar-refractivity contribution in [3.63, 3.8) is 0 Å². The molecule has 1 heterocycles. The molecule has 0 nitrogen and oxygen atoms in total. The first-order chi connectivity index (χ1) is 6.34. The van der Waals surface area contributed by atoms with Crippen LogP contribution in [0.25, 0.3) is 0 Å². The zero-order valence-electron chi connectivity index (χ0n) is 6.81. The van der Waals surface area contributed by atoms with Gasteiger partial charge in [-0.2, -0.15) is 0 Å². The van der Waals surface area contributed by atoms with Crippen LogP contribution in [-0.2, 0) is 0 Å². The smallest absolute Gasteiger partial charge is 0.0579 e. The first kappa shape index (κ1) is 9.19. The van der Waals surface area contributed by atoms with Crippen LogP contribution in [-0.4, -0.2) is 0 Å². The Labute approximate surface area is 91.4 Å². The highest BCUT2D eigenvalue weighted by Gasteiger charge is 1.98. The fraction of sp³-hybridized carbons (Fsp3) is 0. The van der Waals surface area contributed by atoms with Crippen LogP contribution in [0.5, 0.6) is 0 Å². The van der Waals surface area contributed by atoms with Crippen molar-refractivity contribution in [3.05, 3.63) is 41.8 Å². The molecule has 13 heavy (non-hydrogen) atoms. The summed E-state index contributed by atoms with van der Waals surface area (Å²) in [7, 11) is 0. The lowest BCUT2D eigenvalue weighted by Gasteiger charge is -1.96. The second-order valence-electron chi connectivity index (χ2n) is 2.54. The predicted octanol–water partition coefficient (Wildman–Crippen LogP) is 4.19. The molecule has 0 radical (unpaired) electrons. The van der Waals surface area contributed by atoms with Crippen molar-refractivity contribution < 1.29 is 0 Å². The van der Waals surface area contributed by atoms with E-state index in [1.807, 2.05) is 6.07 Å². The predicted molar refractivity (Wildman–Crippen MR) is 62.1 cm³/mol. The van der Waals surface area contributed by atoms with Gasteiger partial charge in [0.05, 0.1) is 4.21 Å². The van der Waals surface area contributed by atoms with Crippen LogP contribution in [0.3, 0.4) is 0 Å². The van der Waals surface area contributed by atoms with Crippen molar-refractivity contribution in [2.45, 2.75) is 14.0 Å². The third kappa shape index (κ3) is 2.53. The lowest BCUT2D eigenvalue weighted by molar-refractivity contribution is 1.43. The molecule has 2 rings (SSSR count). The van der Waals surface area contributed by atoms with E-state index in [-0.39, 0.29) is 0 Å². The number of thiophene rings is 1. The maximum atomic E-state index is 4.28. The summed E-state index contributed by atoms with van der Waals surface area (Å²) in [5, 5.41) is 2.12. The van der Waals surface area contributed by atoms with Crippen LogP contribution in [0, 0.1) is 0 Å². The average Bonchev–Trinajstić information content (AvgIpc) is 2.53. The SMILES string of the molecule is Sc1cc(Sc2ccccc2)cs1. The van der Waals surface area contributed by atoms with Crippen molar-refractivity contribution in [2.75, 3.05) is 0 Å². The van der Waals surface area contributed by atoms with Gasteiger partial charge in [-0.3, -0.25) is 0 Å². The molecule has 0 aliphatic heterocycles. The Hall–Kier alpha value is -0.380. The van der Waals surface area contributed by atoms with E-state index in [0.29, 0.717) is 0 Å². The molecule has 0 aliphatic carbocycles. The van der Waals surface area contributed by atoms with Gasteiger partial charge in [-0.25, -0.2) is 0 Å². The average molecular weight is 224 g/mol. The maximum Gasteiger partial charge on any atom is 0.0579 e. The van der Waals surface area contributed by atoms with E-state index in [2.05, 4.69) is 48.3 Å². The van der Waals surface area contributed by atoms with E-state index >= 15 is 0 Å². The van der Waals surface area contributed by atoms with E-state index in [0.717, 1.165) is 4.21 Å². The lowest BCUT2D eigenvalue weighted by Crippen LogP contribution is -1.67. The fourth-order valence-electron chi connectivity index (χ4n) is 0.986. The first-order valence-electron chi connectivity index (χ1n) is 3.85. The van der Waals surface area contributed by atoms with Crippen LogP contribution < -0.4 is 0 Å². The molecule has 0 bridgehead atoms. The number of benzene rings is 1. The fourth-order valence-corrected chi connectivity index (χ4v) is 3.02. The molecule has 0 saturated heterocycles. The van der Waals surface area contributed by atoms with Crippen molar-refractivity contribution in [3.8, 4) is 0 Å². The van der Waals surface area contributed by atoms with Gasteiger partial charge in [-0.05, 0) is 18.2 Å². The molecule has 0 unspecified atom stereocenters. The quantitative estimate of drug-likeness (QED) is 0.746. The van der Waals surface area contributed by atoms with Gasteiger partial charge in [0.2, 0.25) is 0 Å². The van der Waals surface area contributed by atoms with E-state index in [9.17, 15) is 0 Å². The van der Waals surface area contributed by atoms with Crippen LogP contribution in [0.4, 0.5) is 0 Å². The number of thiol groups is 1. The standard InChI is InChI=1S/C10H8S3/c11-10-6-9(7-12-10)13-8-4-2-1-3-5-8/h1-7,11H. The van der Waals surface area contributed by atoms with Gasteiger partial charge in [-0.15, -0.1) is 24.0 Å². The Morgan fingerprint density at radius 2 is 1.85 bits per heavy atom.